The molecule has 0 spiro atoms. The molecule has 0 N–H and O–H groups in total. The smallest absolute Gasteiger partial charge is 0.302 e. The molecule has 138 valence electrons. The first-order chi connectivity index (χ1) is 11.2. The van der Waals surface area contributed by atoms with Crippen LogP contribution in [-0.2, 0) is 9.59 Å². The second-order valence-electron chi connectivity index (χ2n) is 6.96. The molecular weight excluding hydrogens is 380 g/mol. The van der Waals surface area contributed by atoms with Crippen LogP contribution in [0.3, 0.4) is 0 Å². The van der Waals surface area contributed by atoms with Gasteiger partial charge in [-0.25, -0.2) is 0 Å². The maximum atomic E-state index is 13.1. The lowest BCUT2D eigenvalue weighted by atomic mass is 9.90. The lowest BCUT2D eigenvalue weighted by molar-refractivity contribution is -0.190. The van der Waals surface area contributed by atoms with Crippen LogP contribution in [0.4, 0.5) is 18.9 Å². The molecule has 1 heterocycles. The molecule has 2 atom stereocenters. The van der Waals surface area contributed by atoms with Crippen LogP contribution in [0.2, 0.25) is 10.0 Å². The summed E-state index contributed by atoms with van der Waals surface area (Å²) in [5, 5.41) is 0.465. The molecule has 25 heavy (non-hydrogen) atoms. The van der Waals surface area contributed by atoms with Crippen LogP contribution >= 0.6 is 23.2 Å². The van der Waals surface area contributed by atoms with E-state index in [0.717, 1.165) is 4.90 Å². The summed E-state index contributed by atoms with van der Waals surface area (Å²) in [6.45, 7) is 6.23. The minimum atomic E-state index is -5.08. The summed E-state index contributed by atoms with van der Waals surface area (Å²) < 4.78 is 39.2. The fraction of sp³-hybridized carbons (Fsp3) is 0.500. The van der Waals surface area contributed by atoms with Gasteiger partial charge in [-0.15, -0.1) is 0 Å². The van der Waals surface area contributed by atoms with E-state index in [4.69, 9.17) is 23.2 Å². The minimum Gasteiger partial charge on any atom is -0.302 e. The molecule has 1 aliphatic rings. The number of halogens is 5. The molecule has 2 rings (SSSR count). The Hall–Kier alpha value is -1.47. The number of hydrogen-bond donors (Lipinski definition) is 0. The first-order valence-electron chi connectivity index (χ1n) is 7.44. The number of hydrogen-bond acceptors (Lipinski definition) is 2. The fourth-order valence-corrected chi connectivity index (χ4v) is 3.48. The Morgan fingerprint density at radius 2 is 1.56 bits per heavy atom. The number of amides is 2. The van der Waals surface area contributed by atoms with Crippen molar-refractivity contribution in [3.8, 4) is 0 Å². The summed E-state index contributed by atoms with van der Waals surface area (Å²) >= 11 is 11.9. The Labute approximate surface area is 153 Å². The number of carbonyl (C=O) groups excluding carboxylic acids is 2. The van der Waals surface area contributed by atoms with E-state index in [0.29, 0.717) is 4.90 Å². The van der Waals surface area contributed by atoms with Gasteiger partial charge in [-0.2, -0.15) is 13.2 Å². The molecule has 0 saturated carbocycles. The van der Waals surface area contributed by atoms with Crippen molar-refractivity contribution < 1.29 is 22.8 Å². The normalized spacial score (nSPS) is 21.9. The molecule has 9 heteroatoms. The zero-order valence-corrected chi connectivity index (χ0v) is 15.5. The largest absolute Gasteiger partial charge is 0.471 e. The van der Waals surface area contributed by atoms with Crippen LogP contribution in [0, 0.1) is 5.41 Å². The van der Waals surface area contributed by atoms with Crippen molar-refractivity contribution >= 4 is 40.7 Å². The van der Waals surface area contributed by atoms with Crippen LogP contribution in [-0.4, -0.2) is 35.1 Å². The average Bonchev–Trinajstić information content (AvgIpc) is 2.68. The minimum absolute atomic E-state index is 0.233. The van der Waals surface area contributed by atoms with Crippen LogP contribution < -0.4 is 4.90 Å². The van der Waals surface area contributed by atoms with Crippen molar-refractivity contribution in [2.24, 2.45) is 5.41 Å². The first-order valence-corrected chi connectivity index (χ1v) is 8.19. The SMILES string of the molecule is C[C@@H]1C(=O)N(c2cc(Cl)cc(Cl)c2)C(C(C)(C)C)N1C(=O)C(F)(F)F. The molecule has 0 radical (unpaired) electrons. The highest BCUT2D eigenvalue weighted by molar-refractivity contribution is 6.35. The third kappa shape index (κ3) is 3.72. The number of alkyl halides is 3. The van der Waals surface area contributed by atoms with Crippen molar-refractivity contribution in [3.63, 3.8) is 0 Å². The van der Waals surface area contributed by atoms with Gasteiger partial charge in [0.05, 0.1) is 0 Å². The number of nitrogens with zero attached hydrogens (tertiary/aromatic N) is 2. The molecule has 0 aromatic heterocycles. The zero-order chi connectivity index (χ0) is 19.3. The van der Waals surface area contributed by atoms with Gasteiger partial charge in [0, 0.05) is 21.1 Å². The zero-order valence-electron chi connectivity index (χ0n) is 14.0. The van der Waals surface area contributed by atoms with E-state index in [2.05, 4.69) is 0 Å². The highest BCUT2D eigenvalue weighted by atomic mass is 35.5. The van der Waals surface area contributed by atoms with Gasteiger partial charge < -0.3 is 4.90 Å². The van der Waals surface area contributed by atoms with E-state index in [-0.39, 0.29) is 15.7 Å². The maximum Gasteiger partial charge on any atom is 0.471 e. The summed E-state index contributed by atoms with van der Waals surface area (Å²) in [7, 11) is 0. The number of rotatable bonds is 1. The van der Waals surface area contributed by atoms with Crippen LogP contribution in [0.5, 0.6) is 0 Å². The molecule has 1 aliphatic heterocycles. The Morgan fingerprint density at radius 1 is 1.08 bits per heavy atom. The third-order valence-corrected chi connectivity index (χ3v) is 4.33. The van der Waals surface area contributed by atoms with E-state index in [1.807, 2.05) is 0 Å². The van der Waals surface area contributed by atoms with E-state index < -0.39 is 35.6 Å². The summed E-state index contributed by atoms with van der Waals surface area (Å²) in [5.74, 6) is -2.68. The van der Waals surface area contributed by atoms with Crippen LogP contribution in [0.25, 0.3) is 0 Å². The Balaban J connectivity index is 2.63. The molecule has 1 aromatic carbocycles. The molecule has 0 bridgehead atoms. The van der Waals surface area contributed by atoms with Gasteiger partial charge in [0.2, 0.25) is 0 Å². The van der Waals surface area contributed by atoms with Gasteiger partial charge >= 0.3 is 12.1 Å². The van der Waals surface area contributed by atoms with Crippen molar-refractivity contribution in [3.05, 3.63) is 28.2 Å². The van der Waals surface area contributed by atoms with Gasteiger partial charge in [-0.05, 0) is 25.1 Å². The topological polar surface area (TPSA) is 40.6 Å². The molecule has 2 amide bonds. The monoisotopic (exact) mass is 396 g/mol. The second kappa shape index (κ2) is 6.36. The Bertz CT molecular complexity index is 696. The van der Waals surface area contributed by atoms with Crippen LogP contribution in [0.15, 0.2) is 18.2 Å². The maximum absolute atomic E-state index is 13.1. The Morgan fingerprint density at radius 3 is 1.96 bits per heavy atom. The van der Waals surface area contributed by atoms with Gasteiger partial charge in [0.1, 0.15) is 12.2 Å². The predicted molar refractivity (Wildman–Crippen MR) is 89.6 cm³/mol. The molecule has 1 unspecified atom stereocenters. The van der Waals surface area contributed by atoms with E-state index >= 15 is 0 Å². The highest BCUT2D eigenvalue weighted by Crippen LogP contribution is 2.41. The van der Waals surface area contributed by atoms with E-state index in [1.165, 1.54) is 25.1 Å². The molecule has 1 saturated heterocycles. The van der Waals surface area contributed by atoms with Crippen molar-refractivity contribution in [1.82, 2.24) is 4.90 Å². The fourth-order valence-electron chi connectivity index (χ4n) is 2.96. The molecule has 1 aromatic rings. The summed E-state index contributed by atoms with van der Waals surface area (Å²) in [4.78, 5) is 26.4. The number of carbonyl (C=O) groups is 2. The molecule has 4 nitrogen and oxygen atoms in total. The number of benzene rings is 1. The molecular formula is C16H17Cl2F3N2O2. The van der Waals surface area contributed by atoms with Crippen molar-refractivity contribution in [2.75, 3.05) is 4.90 Å². The average molecular weight is 397 g/mol. The number of anilines is 1. The lowest BCUT2D eigenvalue weighted by Crippen LogP contribution is -2.55. The predicted octanol–water partition coefficient (Wildman–Crippen LogP) is 4.49. The quantitative estimate of drug-likeness (QED) is 0.701. The lowest BCUT2D eigenvalue weighted by Gasteiger charge is -2.40. The summed E-state index contributed by atoms with van der Waals surface area (Å²) in [6.07, 6.45) is -6.22. The molecule has 1 fully saturated rings. The first kappa shape index (κ1) is 19.8. The second-order valence-corrected chi connectivity index (χ2v) is 7.83. The highest BCUT2D eigenvalue weighted by Gasteiger charge is 2.57. The van der Waals surface area contributed by atoms with Crippen molar-refractivity contribution in [1.29, 1.82) is 0 Å². The van der Waals surface area contributed by atoms with Gasteiger partial charge in [0.15, 0.2) is 0 Å². The van der Waals surface area contributed by atoms with Crippen molar-refractivity contribution in [2.45, 2.75) is 46.1 Å². The van der Waals surface area contributed by atoms with E-state index in [9.17, 15) is 22.8 Å². The summed E-state index contributed by atoms with van der Waals surface area (Å²) in [6, 6.07) is 3.04. The molecule has 0 aliphatic carbocycles. The summed E-state index contributed by atoms with van der Waals surface area (Å²) in [5.41, 5.74) is -0.609. The van der Waals surface area contributed by atoms with Gasteiger partial charge in [0.25, 0.3) is 5.91 Å². The van der Waals surface area contributed by atoms with Gasteiger partial charge in [-0.1, -0.05) is 44.0 Å². The standard InChI is InChI=1S/C16H17Cl2F3N2O2/c1-8-12(24)23(11-6-9(17)5-10(18)7-11)13(15(2,3)4)22(8)14(25)16(19,20)21/h5-8,13H,1-4H3/t8-,13?/m1/s1. The third-order valence-electron chi connectivity index (χ3n) is 3.90. The van der Waals surface area contributed by atoms with Gasteiger partial charge in [-0.3, -0.25) is 14.5 Å². The Kier molecular flexibility index (Phi) is 5.05. The van der Waals surface area contributed by atoms with E-state index in [1.54, 1.807) is 20.8 Å². The van der Waals surface area contributed by atoms with Crippen LogP contribution in [0.1, 0.15) is 27.7 Å².